The van der Waals surface area contributed by atoms with Gasteiger partial charge in [-0.25, -0.2) is 4.39 Å². The minimum atomic E-state index is -0.544. The van der Waals surface area contributed by atoms with Gasteiger partial charge in [0, 0.05) is 13.1 Å². The van der Waals surface area contributed by atoms with Crippen LogP contribution in [0.4, 0.5) is 4.39 Å². The van der Waals surface area contributed by atoms with Crippen LogP contribution in [0.15, 0.2) is 24.3 Å². The monoisotopic (exact) mass is 352 g/mol. The number of hydrogen-bond donors (Lipinski definition) is 0. The molecule has 0 spiro atoms. The maximum atomic E-state index is 13.9. The van der Waals surface area contributed by atoms with Crippen LogP contribution < -0.4 is 0 Å². The standard InChI is InChI=1S/C19H29FN2O3/c1-4-21(5-2)13-9-14-22(15-12-18(23)25-6-3)19(24)16-10-7-8-11-17(16)20/h7-8,10-11H,4-6,9,12-15H2,1-3H3. The van der Waals surface area contributed by atoms with Gasteiger partial charge in [0.25, 0.3) is 5.91 Å². The Morgan fingerprint density at radius 2 is 1.72 bits per heavy atom. The zero-order valence-corrected chi connectivity index (χ0v) is 15.5. The summed E-state index contributed by atoms with van der Waals surface area (Å²) in [5.41, 5.74) is 0.0363. The number of esters is 1. The van der Waals surface area contributed by atoms with Crippen molar-refractivity contribution in [2.75, 3.05) is 39.3 Å². The van der Waals surface area contributed by atoms with Crippen LogP contribution in [0.3, 0.4) is 0 Å². The molecule has 0 aliphatic carbocycles. The molecule has 5 nitrogen and oxygen atoms in total. The second-order valence-corrected chi connectivity index (χ2v) is 5.71. The first kappa shape index (κ1) is 21.1. The third-order valence-electron chi connectivity index (χ3n) is 4.08. The lowest BCUT2D eigenvalue weighted by atomic mass is 10.1. The summed E-state index contributed by atoms with van der Waals surface area (Å²) in [6.07, 6.45) is 0.879. The lowest BCUT2D eigenvalue weighted by Gasteiger charge is -2.25. The summed E-state index contributed by atoms with van der Waals surface area (Å²) in [6, 6.07) is 5.93. The normalized spacial score (nSPS) is 10.8. The van der Waals surface area contributed by atoms with E-state index in [0.29, 0.717) is 13.2 Å². The molecule has 0 atom stereocenters. The number of benzene rings is 1. The lowest BCUT2D eigenvalue weighted by Crippen LogP contribution is -2.36. The van der Waals surface area contributed by atoms with Crippen molar-refractivity contribution < 1.29 is 18.7 Å². The summed E-state index contributed by atoms with van der Waals surface area (Å²) >= 11 is 0. The molecule has 0 unspecified atom stereocenters. The first-order chi connectivity index (χ1) is 12.0. The van der Waals surface area contributed by atoms with E-state index in [1.165, 1.54) is 12.1 Å². The van der Waals surface area contributed by atoms with Crippen molar-refractivity contribution in [3.05, 3.63) is 35.6 Å². The zero-order valence-electron chi connectivity index (χ0n) is 15.5. The first-order valence-corrected chi connectivity index (χ1v) is 8.95. The molecule has 25 heavy (non-hydrogen) atoms. The maximum absolute atomic E-state index is 13.9. The van der Waals surface area contributed by atoms with E-state index in [9.17, 15) is 14.0 Å². The molecule has 140 valence electrons. The third kappa shape index (κ3) is 7.22. The van der Waals surface area contributed by atoms with Crippen molar-refractivity contribution in [2.24, 2.45) is 0 Å². The molecule has 1 amide bonds. The maximum Gasteiger partial charge on any atom is 0.307 e. The van der Waals surface area contributed by atoms with Crippen molar-refractivity contribution in [3.63, 3.8) is 0 Å². The van der Waals surface area contributed by atoms with Crippen LogP contribution in [-0.2, 0) is 9.53 Å². The van der Waals surface area contributed by atoms with Gasteiger partial charge in [0.15, 0.2) is 0 Å². The van der Waals surface area contributed by atoms with Crippen LogP contribution in [0.1, 0.15) is 44.0 Å². The molecule has 0 aliphatic heterocycles. The fourth-order valence-electron chi connectivity index (χ4n) is 2.60. The Morgan fingerprint density at radius 1 is 1.04 bits per heavy atom. The average Bonchev–Trinajstić information content (AvgIpc) is 2.61. The van der Waals surface area contributed by atoms with E-state index >= 15 is 0 Å². The van der Waals surface area contributed by atoms with Crippen molar-refractivity contribution >= 4 is 11.9 Å². The number of ether oxygens (including phenoxy) is 1. The SMILES string of the molecule is CCOC(=O)CCN(CCCN(CC)CC)C(=O)c1ccccc1F. The van der Waals surface area contributed by atoms with Crippen LogP contribution in [0.25, 0.3) is 0 Å². The van der Waals surface area contributed by atoms with Gasteiger partial charge in [-0.2, -0.15) is 0 Å². The molecule has 0 saturated heterocycles. The van der Waals surface area contributed by atoms with Gasteiger partial charge in [-0.1, -0.05) is 26.0 Å². The molecule has 1 aromatic rings. The van der Waals surface area contributed by atoms with E-state index in [-0.39, 0.29) is 30.4 Å². The summed E-state index contributed by atoms with van der Waals surface area (Å²) in [6.45, 7) is 9.67. The van der Waals surface area contributed by atoms with Crippen molar-refractivity contribution in [2.45, 2.75) is 33.6 Å². The van der Waals surface area contributed by atoms with Crippen molar-refractivity contribution in [3.8, 4) is 0 Å². The van der Waals surface area contributed by atoms with Gasteiger partial charge in [0.1, 0.15) is 5.82 Å². The summed E-state index contributed by atoms with van der Waals surface area (Å²) in [5, 5.41) is 0. The van der Waals surface area contributed by atoms with Crippen LogP contribution in [0.2, 0.25) is 0 Å². The van der Waals surface area contributed by atoms with Crippen LogP contribution in [-0.4, -0.2) is 61.0 Å². The van der Waals surface area contributed by atoms with E-state index in [0.717, 1.165) is 26.1 Å². The minimum absolute atomic E-state index is 0.0363. The van der Waals surface area contributed by atoms with Gasteiger partial charge >= 0.3 is 5.97 Å². The smallest absolute Gasteiger partial charge is 0.307 e. The molecule has 0 bridgehead atoms. The second kappa shape index (κ2) is 11.6. The second-order valence-electron chi connectivity index (χ2n) is 5.71. The number of amides is 1. The van der Waals surface area contributed by atoms with Gasteiger partial charge < -0.3 is 14.5 Å². The third-order valence-corrected chi connectivity index (χ3v) is 4.08. The molecule has 0 fully saturated rings. The Balaban J connectivity index is 2.74. The molecule has 0 heterocycles. The number of hydrogen-bond acceptors (Lipinski definition) is 4. The Morgan fingerprint density at radius 3 is 2.32 bits per heavy atom. The van der Waals surface area contributed by atoms with E-state index in [1.807, 2.05) is 0 Å². The fourth-order valence-corrected chi connectivity index (χ4v) is 2.60. The zero-order chi connectivity index (χ0) is 18.7. The topological polar surface area (TPSA) is 49.9 Å². The van der Waals surface area contributed by atoms with Crippen LogP contribution in [0.5, 0.6) is 0 Å². The van der Waals surface area contributed by atoms with E-state index in [1.54, 1.807) is 24.0 Å². The molecule has 6 heteroatoms. The summed E-state index contributed by atoms with van der Waals surface area (Å²) in [7, 11) is 0. The quantitative estimate of drug-likeness (QED) is 0.575. The lowest BCUT2D eigenvalue weighted by molar-refractivity contribution is -0.143. The molecule has 0 N–H and O–H groups in total. The molecule has 0 saturated carbocycles. The van der Waals surface area contributed by atoms with E-state index in [4.69, 9.17) is 4.74 Å². The molecular formula is C19H29FN2O3. The first-order valence-electron chi connectivity index (χ1n) is 8.95. The van der Waals surface area contributed by atoms with E-state index < -0.39 is 5.82 Å². The average molecular weight is 352 g/mol. The molecule has 1 aromatic carbocycles. The predicted molar refractivity (Wildman–Crippen MR) is 96.0 cm³/mol. The van der Waals surface area contributed by atoms with Crippen LogP contribution >= 0.6 is 0 Å². The number of carbonyl (C=O) groups excluding carboxylic acids is 2. The highest BCUT2D eigenvalue weighted by atomic mass is 19.1. The van der Waals surface area contributed by atoms with Gasteiger partial charge in [-0.3, -0.25) is 9.59 Å². The largest absolute Gasteiger partial charge is 0.466 e. The van der Waals surface area contributed by atoms with Gasteiger partial charge in [0.2, 0.25) is 0 Å². The number of halogens is 1. The Labute approximate surface area is 149 Å². The minimum Gasteiger partial charge on any atom is -0.466 e. The molecule has 0 aromatic heterocycles. The molecular weight excluding hydrogens is 323 g/mol. The Hall–Kier alpha value is -1.95. The van der Waals surface area contributed by atoms with Gasteiger partial charge in [0.05, 0.1) is 18.6 Å². The summed E-state index contributed by atoms with van der Waals surface area (Å²) in [5.74, 6) is -1.28. The highest BCUT2D eigenvalue weighted by Crippen LogP contribution is 2.11. The van der Waals surface area contributed by atoms with Crippen molar-refractivity contribution in [1.29, 1.82) is 0 Å². The van der Waals surface area contributed by atoms with Crippen LogP contribution in [0, 0.1) is 5.82 Å². The van der Waals surface area contributed by atoms with Crippen molar-refractivity contribution in [1.82, 2.24) is 9.80 Å². The Bertz CT molecular complexity index is 547. The van der Waals surface area contributed by atoms with Gasteiger partial charge in [-0.05, 0) is 45.1 Å². The molecule has 1 rings (SSSR count). The number of rotatable bonds is 11. The molecule has 0 aliphatic rings. The number of nitrogens with zero attached hydrogens (tertiary/aromatic N) is 2. The van der Waals surface area contributed by atoms with Gasteiger partial charge in [-0.15, -0.1) is 0 Å². The summed E-state index contributed by atoms with van der Waals surface area (Å²) in [4.78, 5) is 28.1. The molecule has 0 radical (unpaired) electrons. The highest BCUT2D eigenvalue weighted by Gasteiger charge is 2.20. The Kier molecular flexibility index (Phi) is 9.77. The number of carbonyl (C=O) groups is 2. The summed E-state index contributed by atoms with van der Waals surface area (Å²) < 4.78 is 18.9. The fraction of sp³-hybridized carbons (Fsp3) is 0.579. The highest BCUT2D eigenvalue weighted by molar-refractivity contribution is 5.94. The van der Waals surface area contributed by atoms with E-state index in [2.05, 4.69) is 18.7 Å². The predicted octanol–water partition coefficient (Wildman–Crippen LogP) is 2.95.